The van der Waals surface area contributed by atoms with Crippen molar-refractivity contribution >= 4 is 21.8 Å². The van der Waals surface area contributed by atoms with Gasteiger partial charge in [-0.15, -0.1) is 0 Å². The zero-order valence-electron chi connectivity index (χ0n) is 6.68. The van der Waals surface area contributed by atoms with Crippen LogP contribution in [0.15, 0.2) is 15.6 Å². The molecule has 0 fully saturated rings. The molecule has 0 unspecified atom stereocenters. The number of carbonyl (C=O) groups is 1. The van der Waals surface area contributed by atoms with E-state index in [1.807, 2.05) is 0 Å². The Morgan fingerprint density at radius 3 is 2.57 bits per heavy atom. The van der Waals surface area contributed by atoms with Gasteiger partial charge in [0.25, 0.3) is 12.3 Å². The molecule has 1 aromatic heterocycles. The fraction of sp³-hybridized carbons (Fsp3) is 0.143. The van der Waals surface area contributed by atoms with Gasteiger partial charge in [0.15, 0.2) is 0 Å². The SMILES string of the molecule is NC(=O)c1c(Br)[nH]cc(C(F)F)c1=O. The van der Waals surface area contributed by atoms with Crippen molar-refractivity contribution in [3.63, 3.8) is 0 Å². The zero-order valence-corrected chi connectivity index (χ0v) is 8.27. The normalized spacial score (nSPS) is 10.6. The quantitative estimate of drug-likeness (QED) is 0.789. The smallest absolute Gasteiger partial charge is 0.269 e. The van der Waals surface area contributed by atoms with Gasteiger partial charge in [-0.05, 0) is 15.9 Å². The van der Waals surface area contributed by atoms with E-state index in [9.17, 15) is 18.4 Å². The number of pyridine rings is 1. The molecule has 0 spiro atoms. The maximum atomic E-state index is 12.2. The Kier molecular flexibility index (Phi) is 3.00. The van der Waals surface area contributed by atoms with Gasteiger partial charge < -0.3 is 10.7 Å². The van der Waals surface area contributed by atoms with E-state index in [2.05, 4.69) is 20.9 Å². The van der Waals surface area contributed by atoms with Crippen LogP contribution in [0.3, 0.4) is 0 Å². The summed E-state index contributed by atoms with van der Waals surface area (Å²) in [4.78, 5) is 24.3. The molecule has 0 aliphatic rings. The van der Waals surface area contributed by atoms with Crippen molar-refractivity contribution in [2.75, 3.05) is 0 Å². The number of halogens is 3. The number of amides is 1. The van der Waals surface area contributed by atoms with Crippen LogP contribution >= 0.6 is 15.9 Å². The minimum absolute atomic E-state index is 0.000556. The predicted molar refractivity (Wildman–Crippen MR) is 48.2 cm³/mol. The van der Waals surface area contributed by atoms with Gasteiger partial charge in [-0.25, -0.2) is 8.78 Å². The molecular formula is C7H5BrF2N2O2. The van der Waals surface area contributed by atoms with Gasteiger partial charge in [0, 0.05) is 6.20 Å². The molecule has 0 aliphatic carbocycles. The lowest BCUT2D eigenvalue weighted by atomic mass is 10.2. The van der Waals surface area contributed by atoms with Crippen LogP contribution in [-0.4, -0.2) is 10.9 Å². The summed E-state index contributed by atoms with van der Waals surface area (Å²) in [7, 11) is 0. The molecule has 1 heterocycles. The number of aromatic amines is 1. The van der Waals surface area contributed by atoms with E-state index in [1.165, 1.54) is 0 Å². The number of hydrogen-bond donors (Lipinski definition) is 2. The van der Waals surface area contributed by atoms with E-state index >= 15 is 0 Å². The summed E-state index contributed by atoms with van der Waals surface area (Å²) in [5.41, 5.74) is 2.52. The van der Waals surface area contributed by atoms with Crippen LogP contribution < -0.4 is 11.2 Å². The Morgan fingerprint density at radius 1 is 1.57 bits per heavy atom. The van der Waals surface area contributed by atoms with E-state index in [0.29, 0.717) is 0 Å². The van der Waals surface area contributed by atoms with Crippen LogP contribution in [0, 0.1) is 0 Å². The van der Waals surface area contributed by atoms with Crippen molar-refractivity contribution in [3.05, 3.63) is 32.2 Å². The topological polar surface area (TPSA) is 76.0 Å². The van der Waals surface area contributed by atoms with Gasteiger partial charge in [0.05, 0.1) is 10.2 Å². The Morgan fingerprint density at radius 2 is 2.14 bits per heavy atom. The van der Waals surface area contributed by atoms with Crippen molar-refractivity contribution in [1.82, 2.24) is 4.98 Å². The Hall–Kier alpha value is -1.24. The summed E-state index contributed by atoms with van der Waals surface area (Å²) in [5.74, 6) is -1.05. The number of H-pyrrole nitrogens is 1. The van der Waals surface area contributed by atoms with Crippen LogP contribution in [0.2, 0.25) is 0 Å². The van der Waals surface area contributed by atoms with E-state index < -0.39 is 28.9 Å². The molecule has 0 bridgehead atoms. The fourth-order valence-electron chi connectivity index (χ4n) is 0.905. The Bertz CT molecular complexity index is 430. The minimum atomic E-state index is -2.94. The highest BCUT2D eigenvalue weighted by molar-refractivity contribution is 9.10. The number of nitrogens with one attached hydrogen (secondary N) is 1. The van der Waals surface area contributed by atoms with Crippen LogP contribution in [0.1, 0.15) is 22.3 Å². The van der Waals surface area contributed by atoms with E-state index in [1.54, 1.807) is 0 Å². The van der Waals surface area contributed by atoms with Crippen molar-refractivity contribution in [2.45, 2.75) is 6.43 Å². The highest BCUT2D eigenvalue weighted by atomic mass is 79.9. The average molecular weight is 267 g/mol. The summed E-state index contributed by atoms with van der Waals surface area (Å²) in [6.07, 6.45) is -2.10. The van der Waals surface area contributed by atoms with E-state index in [-0.39, 0.29) is 4.60 Å². The molecule has 1 aromatic rings. The van der Waals surface area contributed by atoms with Gasteiger partial charge in [0.1, 0.15) is 5.56 Å². The molecule has 14 heavy (non-hydrogen) atoms. The Labute approximate surface area is 85.2 Å². The summed E-state index contributed by atoms with van der Waals surface area (Å²) in [6, 6.07) is 0. The molecule has 3 N–H and O–H groups in total. The number of nitrogens with two attached hydrogens (primary N) is 1. The fourth-order valence-corrected chi connectivity index (χ4v) is 1.39. The summed E-state index contributed by atoms with van der Waals surface area (Å²) in [5, 5.41) is 0. The lowest BCUT2D eigenvalue weighted by Crippen LogP contribution is -2.25. The van der Waals surface area contributed by atoms with E-state index in [4.69, 9.17) is 5.73 Å². The third-order valence-corrected chi connectivity index (χ3v) is 2.17. The van der Waals surface area contributed by atoms with Gasteiger partial charge >= 0.3 is 0 Å². The second kappa shape index (κ2) is 3.87. The second-order valence-corrected chi connectivity index (χ2v) is 3.22. The molecule has 0 saturated carbocycles. The van der Waals surface area contributed by atoms with Crippen LogP contribution in [-0.2, 0) is 0 Å². The molecule has 0 saturated heterocycles. The number of carbonyl (C=O) groups excluding carboxylic acids is 1. The number of primary amides is 1. The zero-order chi connectivity index (χ0) is 10.9. The lowest BCUT2D eigenvalue weighted by molar-refractivity contribution is 0.0997. The molecule has 0 aliphatic heterocycles. The summed E-state index contributed by atoms with van der Waals surface area (Å²) in [6.45, 7) is 0. The maximum absolute atomic E-state index is 12.2. The molecule has 1 amide bonds. The predicted octanol–water partition coefficient (Wildman–Crippen LogP) is 1.17. The largest absolute Gasteiger partial charge is 0.365 e. The minimum Gasteiger partial charge on any atom is -0.365 e. The number of aromatic nitrogens is 1. The molecule has 0 radical (unpaired) electrons. The maximum Gasteiger partial charge on any atom is 0.269 e. The number of alkyl halides is 2. The summed E-state index contributed by atoms with van der Waals surface area (Å²) >= 11 is 2.83. The molecule has 0 aromatic carbocycles. The van der Waals surface area contributed by atoms with Gasteiger partial charge in [-0.1, -0.05) is 0 Å². The lowest BCUT2D eigenvalue weighted by Gasteiger charge is -2.02. The molecule has 1 rings (SSSR count). The number of rotatable bonds is 2. The highest BCUT2D eigenvalue weighted by Crippen LogP contribution is 2.17. The van der Waals surface area contributed by atoms with Crippen LogP contribution in [0.25, 0.3) is 0 Å². The first-order valence-corrected chi connectivity index (χ1v) is 4.23. The molecule has 0 atom stereocenters. The van der Waals surface area contributed by atoms with Crippen LogP contribution in [0.5, 0.6) is 0 Å². The number of hydrogen-bond acceptors (Lipinski definition) is 2. The first kappa shape index (κ1) is 10.8. The Balaban J connectivity index is 3.50. The highest BCUT2D eigenvalue weighted by Gasteiger charge is 2.19. The third kappa shape index (κ3) is 1.82. The molecule has 4 nitrogen and oxygen atoms in total. The van der Waals surface area contributed by atoms with Gasteiger partial charge in [0.2, 0.25) is 5.43 Å². The summed E-state index contributed by atoms with van der Waals surface area (Å²) < 4.78 is 24.4. The molecule has 7 heteroatoms. The molecular weight excluding hydrogens is 262 g/mol. The van der Waals surface area contributed by atoms with Gasteiger partial charge in [-0.3, -0.25) is 9.59 Å². The van der Waals surface area contributed by atoms with Gasteiger partial charge in [-0.2, -0.15) is 0 Å². The average Bonchev–Trinajstić information content (AvgIpc) is 2.02. The van der Waals surface area contributed by atoms with Crippen molar-refractivity contribution in [2.24, 2.45) is 5.73 Å². The van der Waals surface area contributed by atoms with E-state index in [0.717, 1.165) is 6.20 Å². The van der Waals surface area contributed by atoms with Crippen LogP contribution in [0.4, 0.5) is 8.78 Å². The van der Waals surface area contributed by atoms with Crippen molar-refractivity contribution < 1.29 is 13.6 Å². The monoisotopic (exact) mass is 266 g/mol. The third-order valence-electron chi connectivity index (χ3n) is 1.54. The molecule has 76 valence electrons. The van der Waals surface area contributed by atoms with Crippen molar-refractivity contribution in [1.29, 1.82) is 0 Å². The second-order valence-electron chi connectivity index (χ2n) is 2.43. The first-order valence-electron chi connectivity index (χ1n) is 3.44. The first-order chi connectivity index (χ1) is 6.45. The van der Waals surface area contributed by atoms with Crippen molar-refractivity contribution in [3.8, 4) is 0 Å². The standard InChI is InChI=1S/C7H5BrF2N2O2/c8-5-3(7(11)14)4(13)2(1-12-5)6(9)10/h1,6H,(H2,11,14)(H,12,13).